The zero-order valence-electron chi connectivity index (χ0n) is 8.22. The molecule has 0 amide bonds. The molecule has 1 aliphatic rings. The summed E-state index contributed by atoms with van der Waals surface area (Å²) in [7, 11) is 0. The molecule has 0 aromatic carbocycles. The monoisotopic (exact) mass is 189 g/mol. The van der Waals surface area contributed by atoms with E-state index in [0.717, 1.165) is 25.5 Å². The number of hydrogen-bond donors (Lipinski definition) is 1. The maximum atomic E-state index is 5.37. The number of morpholine rings is 1. The highest BCUT2D eigenvalue weighted by atomic mass is 32.2. The summed E-state index contributed by atoms with van der Waals surface area (Å²) < 4.78 is 5.75. The first kappa shape index (κ1) is 10.4. The van der Waals surface area contributed by atoms with Crippen LogP contribution in [0.5, 0.6) is 0 Å². The van der Waals surface area contributed by atoms with Crippen LogP contribution in [-0.2, 0) is 4.74 Å². The molecule has 1 N–H and O–H groups in total. The fourth-order valence-electron chi connectivity index (χ4n) is 1.08. The van der Waals surface area contributed by atoms with Gasteiger partial charge < -0.3 is 10.1 Å². The summed E-state index contributed by atoms with van der Waals surface area (Å²) in [5, 5.41) is 3.45. The Morgan fingerprint density at radius 2 is 2.25 bits per heavy atom. The van der Waals surface area contributed by atoms with Gasteiger partial charge in [-0.15, -0.1) is 0 Å². The lowest BCUT2D eigenvalue weighted by Crippen LogP contribution is -2.43. The molecule has 1 aliphatic heterocycles. The van der Waals surface area contributed by atoms with Gasteiger partial charge in [-0.2, -0.15) is 11.8 Å². The van der Waals surface area contributed by atoms with Crippen LogP contribution in [0.15, 0.2) is 0 Å². The molecular weight excluding hydrogens is 170 g/mol. The summed E-state index contributed by atoms with van der Waals surface area (Å²) >= 11 is 2.00. The van der Waals surface area contributed by atoms with Crippen LogP contribution >= 0.6 is 11.8 Å². The highest BCUT2D eigenvalue weighted by Crippen LogP contribution is 2.23. The zero-order chi connectivity index (χ0) is 9.03. The van der Waals surface area contributed by atoms with E-state index in [1.165, 1.54) is 0 Å². The second kappa shape index (κ2) is 4.49. The normalized spacial score (nSPS) is 25.8. The van der Waals surface area contributed by atoms with E-state index in [0.29, 0.717) is 10.8 Å². The maximum absolute atomic E-state index is 5.37. The summed E-state index contributed by atoms with van der Waals surface area (Å²) in [6.45, 7) is 9.51. The largest absolute Gasteiger partial charge is 0.378 e. The van der Waals surface area contributed by atoms with Gasteiger partial charge in [0.1, 0.15) is 0 Å². The average molecular weight is 189 g/mol. The Morgan fingerprint density at radius 3 is 2.75 bits per heavy atom. The number of nitrogens with one attached hydrogen (secondary N) is 1. The molecule has 3 heteroatoms. The van der Waals surface area contributed by atoms with Gasteiger partial charge in [0.15, 0.2) is 0 Å². The van der Waals surface area contributed by atoms with Crippen LogP contribution in [-0.4, -0.2) is 36.3 Å². The summed E-state index contributed by atoms with van der Waals surface area (Å²) in [4.78, 5) is 0. The van der Waals surface area contributed by atoms with Gasteiger partial charge >= 0.3 is 0 Å². The van der Waals surface area contributed by atoms with E-state index in [-0.39, 0.29) is 0 Å². The van der Waals surface area contributed by atoms with Crippen molar-refractivity contribution in [2.75, 3.05) is 25.5 Å². The Balaban J connectivity index is 2.13. The second-order valence-electron chi connectivity index (χ2n) is 4.15. The van der Waals surface area contributed by atoms with Gasteiger partial charge in [-0.05, 0) is 0 Å². The van der Waals surface area contributed by atoms with E-state index in [2.05, 4.69) is 26.1 Å². The van der Waals surface area contributed by atoms with Crippen LogP contribution in [0.2, 0.25) is 0 Å². The quantitative estimate of drug-likeness (QED) is 0.711. The maximum Gasteiger partial charge on any atom is 0.0628 e. The molecule has 12 heavy (non-hydrogen) atoms. The molecule has 1 unspecified atom stereocenters. The molecule has 1 rings (SSSR count). The molecule has 1 saturated heterocycles. The van der Waals surface area contributed by atoms with Crippen molar-refractivity contribution in [3.05, 3.63) is 0 Å². The number of hydrogen-bond acceptors (Lipinski definition) is 3. The van der Waals surface area contributed by atoms with Crippen molar-refractivity contribution in [1.82, 2.24) is 5.32 Å². The first-order valence-electron chi connectivity index (χ1n) is 4.53. The zero-order valence-corrected chi connectivity index (χ0v) is 9.04. The minimum Gasteiger partial charge on any atom is -0.378 e. The average Bonchev–Trinajstić information content (AvgIpc) is 2.02. The summed E-state index contributed by atoms with van der Waals surface area (Å²) in [5.41, 5.74) is 0. The molecule has 0 bridgehead atoms. The second-order valence-corrected chi connectivity index (χ2v) is 6.00. The Bertz CT molecular complexity index is 127. The molecule has 1 fully saturated rings. The van der Waals surface area contributed by atoms with Crippen molar-refractivity contribution in [3.63, 3.8) is 0 Å². The summed E-state index contributed by atoms with van der Waals surface area (Å²) in [5.74, 6) is 1.16. The minimum atomic E-state index is 0.374. The van der Waals surface area contributed by atoms with Gasteiger partial charge in [0.2, 0.25) is 0 Å². The lowest BCUT2D eigenvalue weighted by molar-refractivity contribution is 0.0837. The summed E-state index contributed by atoms with van der Waals surface area (Å²) in [6, 6.07) is 0.558. The molecule has 1 atom stereocenters. The van der Waals surface area contributed by atoms with Gasteiger partial charge in [0.05, 0.1) is 13.2 Å². The Labute approximate surface area is 79.4 Å². The molecule has 0 saturated carbocycles. The molecule has 1 heterocycles. The van der Waals surface area contributed by atoms with Gasteiger partial charge in [0, 0.05) is 23.1 Å². The summed E-state index contributed by atoms with van der Waals surface area (Å²) in [6.07, 6.45) is 0. The van der Waals surface area contributed by atoms with E-state index in [4.69, 9.17) is 4.74 Å². The Hall–Kier alpha value is 0.270. The molecule has 0 radical (unpaired) electrons. The predicted molar refractivity (Wildman–Crippen MR) is 54.8 cm³/mol. The van der Waals surface area contributed by atoms with Crippen molar-refractivity contribution in [1.29, 1.82) is 0 Å². The van der Waals surface area contributed by atoms with Crippen molar-refractivity contribution in [2.24, 2.45) is 0 Å². The van der Waals surface area contributed by atoms with Crippen LogP contribution in [0.1, 0.15) is 20.8 Å². The van der Waals surface area contributed by atoms with Crippen molar-refractivity contribution >= 4 is 11.8 Å². The predicted octanol–water partition coefficient (Wildman–Crippen LogP) is 1.51. The van der Waals surface area contributed by atoms with Crippen LogP contribution in [0, 0.1) is 0 Å². The highest BCUT2D eigenvalue weighted by Gasteiger charge is 2.17. The standard InChI is InChI=1S/C9H19NOS/c1-9(2,3)12-7-8-6-11-5-4-10-8/h8,10H,4-7H2,1-3H3. The third-order valence-electron chi connectivity index (χ3n) is 1.72. The molecule has 0 aromatic rings. The van der Waals surface area contributed by atoms with E-state index in [1.807, 2.05) is 11.8 Å². The van der Waals surface area contributed by atoms with Crippen LogP contribution < -0.4 is 5.32 Å². The van der Waals surface area contributed by atoms with Crippen molar-refractivity contribution in [3.8, 4) is 0 Å². The minimum absolute atomic E-state index is 0.374. The van der Waals surface area contributed by atoms with E-state index >= 15 is 0 Å². The highest BCUT2D eigenvalue weighted by molar-refractivity contribution is 8.00. The number of thioether (sulfide) groups is 1. The SMILES string of the molecule is CC(C)(C)SCC1COCCN1. The third-order valence-corrected chi connectivity index (χ3v) is 3.15. The first-order chi connectivity index (χ1) is 5.58. The number of ether oxygens (including phenoxy) is 1. The molecular formula is C9H19NOS. The van der Waals surface area contributed by atoms with Gasteiger partial charge in [-0.3, -0.25) is 0 Å². The van der Waals surface area contributed by atoms with Crippen molar-refractivity contribution in [2.45, 2.75) is 31.6 Å². The lowest BCUT2D eigenvalue weighted by Gasteiger charge is -2.26. The lowest BCUT2D eigenvalue weighted by atomic mass is 10.3. The fraction of sp³-hybridized carbons (Fsp3) is 1.00. The Kier molecular flexibility index (Phi) is 3.87. The third kappa shape index (κ3) is 4.33. The fourth-order valence-corrected chi connectivity index (χ4v) is 1.99. The van der Waals surface area contributed by atoms with E-state index in [9.17, 15) is 0 Å². The van der Waals surface area contributed by atoms with E-state index < -0.39 is 0 Å². The first-order valence-corrected chi connectivity index (χ1v) is 5.51. The van der Waals surface area contributed by atoms with Crippen LogP contribution in [0.3, 0.4) is 0 Å². The molecule has 0 aliphatic carbocycles. The van der Waals surface area contributed by atoms with E-state index in [1.54, 1.807) is 0 Å². The smallest absolute Gasteiger partial charge is 0.0628 e. The Morgan fingerprint density at radius 1 is 1.50 bits per heavy atom. The van der Waals surface area contributed by atoms with Gasteiger partial charge in [-0.1, -0.05) is 20.8 Å². The molecule has 72 valence electrons. The van der Waals surface area contributed by atoms with Gasteiger partial charge in [0.25, 0.3) is 0 Å². The molecule has 0 aromatic heterocycles. The number of rotatable bonds is 2. The van der Waals surface area contributed by atoms with Gasteiger partial charge in [-0.25, -0.2) is 0 Å². The van der Waals surface area contributed by atoms with Crippen LogP contribution in [0.25, 0.3) is 0 Å². The molecule has 2 nitrogen and oxygen atoms in total. The van der Waals surface area contributed by atoms with Crippen molar-refractivity contribution < 1.29 is 4.74 Å². The van der Waals surface area contributed by atoms with Crippen LogP contribution in [0.4, 0.5) is 0 Å². The topological polar surface area (TPSA) is 21.3 Å². The molecule has 0 spiro atoms.